The molecule has 1 aromatic carbocycles. The summed E-state index contributed by atoms with van der Waals surface area (Å²) in [5.41, 5.74) is 0.431. The van der Waals surface area contributed by atoms with Gasteiger partial charge in [-0.05, 0) is 17.9 Å². The number of anilines is 1. The van der Waals surface area contributed by atoms with Crippen LogP contribution in [0.5, 0.6) is 0 Å². The van der Waals surface area contributed by atoms with Crippen LogP contribution >= 0.6 is 0 Å². The fourth-order valence-electron chi connectivity index (χ4n) is 2.41. The van der Waals surface area contributed by atoms with E-state index in [2.05, 4.69) is 15.6 Å². The van der Waals surface area contributed by atoms with Crippen LogP contribution in [0.1, 0.15) is 16.9 Å². The average Bonchev–Trinajstić information content (AvgIpc) is 2.99. The third-order valence-electron chi connectivity index (χ3n) is 3.47. The first-order valence-electron chi connectivity index (χ1n) is 6.74. The number of nitrogens with zero attached hydrogens (tertiary/aromatic N) is 1. The number of fused-ring (bicyclic) bond motifs is 1. The van der Waals surface area contributed by atoms with E-state index >= 15 is 0 Å². The maximum absolute atomic E-state index is 12.3. The Morgan fingerprint density at radius 2 is 2.25 bits per heavy atom. The summed E-state index contributed by atoms with van der Waals surface area (Å²) in [4.78, 5) is 16.7. The molecular formula is C15H17N3O2. The van der Waals surface area contributed by atoms with E-state index < -0.39 is 0 Å². The van der Waals surface area contributed by atoms with Crippen molar-refractivity contribution in [2.24, 2.45) is 0 Å². The van der Waals surface area contributed by atoms with E-state index in [0.29, 0.717) is 18.9 Å². The van der Waals surface area contributed by atoms with Crippen molar-refractivity contribution in [2.75, 3.05) is 25.6 Å². The molecule has 0 radical (unpaired) electrons. The Bertz CT molecular complexity index is 636. The van der Waals surface area contributed by atoms with Crippen LogP contribution in [-0.2, 0) is 4.74 Å². The summed E-state index contributed by atoms with van der Waals surface area (Å²) in [5.74, 6) is 0.568. The highest BCUT2D eigenvalue weighted by Gasteiger charge is 2.20. The van der Waals surface area contributed by atoms with Crippen LogP contribution in [0.25, 0.3) is 10.8 Å². The van der Waals surface area contributed by atoms with Gasteiger partial charge in [0.2, 0.25) is 0 Å². The molecule has 3 rings (SSSR count). The van der Waals surface area contributed by atoms with Crippen molar-refractivity contribution in [1.29, 1.82) is 0 Å². The number of aromatic nitrogens is 1. The molecule has 2 N–H and O–H groups in total. The third-order valence-corrected chi connectivity index (χ3v) is 3.47. The summed E-state index contributed by atoms with van der Waals surface area (Å²) in [6, 6.07) is 9.79. The van der Waals surface area contributed by atoms with Gasteiger partial charge in [-0.3, -0.25) is 4.79 Å². The standard InChI is InChI=1S/C15H17N3O2/c1-16-14-12-5-3-2-4-10(12)8-13(18-14)15(19)17-11-6-7-20-9-11/h2-5,8,11H,6-7,9H2,1H3,(H,16,18)(H,17,19). The second kappa shape index (κ2) is 5.46. The molecule has 1 aromatic heterocycles. The molecule has 2 heterocycles. The van der Waals surface area contributed by atoms with E-state index in [-0.39, 0.29) is 11.9 Å². The van der Waals surface area contributed by atoms with E-state index in [1.165, 1.54) is 0 Å². The van der Waals surface area contributed by atoms with Crippen molar-refractivity contribution in [3.8, 4) is 0 Å². The Balaban J connectivity index is 1.92. The van der Waals surface area contributed by atoms with Gasteiger partial charge in [-0.1, -0.05) is 24.3 Å². The molecule has 1 aliphatic rings. The maximum atomic E-state index is 12.3. The molecule has 1 amide bonds. The Hall–Kier alpha value is -2.14. The minimum absolute atomic E-state index is 0.0915. The second-order valence-electron chi connectivity index (χ2n) is 4.86. The van der Waals surface area contributed by atoms with Gasteiger partial charge in [0.1, 0.15) is 11.5 Å². The summed E-state index contributed by atoms with van der Waals surface area (Å²) >= 11 is 0. The molecule has 1 unspecified atom stereocenters. The Morgan fingerprint density at radius 3 is 3.00 bits per heavy atom. The first-order valence-corrected chi connectivity index (χ1v) is 6.74. The van der Waals surface area contributed by atoms with E-state index in [9.17, 15) is 4.79 Å². The van der Waals surface area contributed by atoms with Gasteiger partial charge in [-0.15, -0.1) is 0 Å². The lowest BCUT2D eigenvalue weighted by molar-refractivity contribution is 0.0925. The average molecular weight is 271 g/mol. The maximum Gasteiger partial charge on any atom is 0.270 e. The van der Waals surface area contributed by atoms with Crippen LogP contribution in [0, 0.1) is 0 Å². The third kappa shape index (κ3) is 2.44. The zero-order valence-electron chi connectivity index (χ0n) is 11.3. The molecule has 0 aliphatic carbocycles. The number of amides is 1. The number of benzene rings is 1. The van der Waals surface area contributed by atoms with Gasteiger partial charge in [0.15, 0.2) is 0 Å². The number of carbonyl (C=O) groups excluding carboxylic acids is 1. The Labute approximate surface area is 117 Å². The molecule has 0 saturated carbocycles. The molecule has 1 saturated heterocycles. The molecule has 0 spiro atoms. The van der Waals surface area contributed by atoms with Gasteiger partial charge in [0.25, 0.3) is 5.91 Å². The van der Waals surface area contributed by atoms with Gasteiger partial charge >= 0.3 is 0 Å². The molecule has 104 valence electrons. The Morgan fingerprint density at radius 1 is 1.40 bits per heavy atom. The number of nitrogens with one attached hydrogen (secondary N) is 2. The zero-order chi connectivity index (χ0) is 13.9. The van der Waals surface area contributed by atoms with E-state index in [4.69, 9.17) is 4.74 Å². The number of hydrogen-bond acceptors (Lipinski definition) is 4. The van der Waals surface area contributed by atoms with Crippen molar-refractivity contribution >= 4 is 22.5 Å². The van der Waals surface area contributed by atoms with Crippen molar-refractivity contribution < 1.29 is 9.53 Å². The van der Waals surface area contributed by atoms with Gasteiger partial charge < -0.3 is 15.4 Å². The molecule has 5 heteroatoms. The molecular weight excluding hydrogens is 254 g/mol. The van der Waals surface area contributed by atoms with Crippen LogP contribution in [0.15, 0.2) is 30.3 Å². The lowest BCUT2D eigenvalue weighted by atomic mass is 10.1. The molecule has 1 aliphatic heterocycles. The highest BCUT2D eigenvalue weighted by molar-refractivity contribution is 6.00. The minimum Gasteiger partial charge on any atom is -0.379 e. The number of ether oxygens (including phenoxy) is 1. The van der Waals surface area contributed by atoms with Crippen molar-refractivity contribution in [1.82, 2.24) is 10.3 Å². The van der Waals surface area contributed by atoms with Crippen molar-refractivity contribution in [3.05, 3.63) is 36.0 Å². The van der Waals surface area contributed by atoms with Crippen LogP contribution < -0.4 is 10.6 Å². The van der Waals surface area contributed by atoms with Crippen LogP contribution in [0.3, 0.4) is 0 Å². The smallest absolute Gasteiger partial charge is 0.270 e. The second-order valence-corrected chi connectivity index (χ2v) is 4.86. The van der Waals surface area contributed by atoms with E-state index in [1.54, 1.807) is 7.05 Å². The zero-order valence-corrected chi connectivity index (χ0v) is 11.3. The lowest BCUT2D eigenvalue weighted by Crippen LogP contribution is -2.35. The van der Waals surface area contributed by atoms with E-state index in [0.717, 1.165) is 23.0 Å². The quantitative estimate of drug-likeness (QED) is 0.893. The van der Waals surface area contributed by atoms with Crippen LogP contribution in [-0.4, -0.2) is 37.2 Å². The van der Waals surface area contributed by atoms with Gasteiger partial charge in [0, 0.05) is 19.0 Å². The first-order chi connectivity index (χ1) is 9.78. The predicted octanol–water partition coefficient (Wildman–Crippen LogP) is 1.80. The minimum atomic E-state index is -0.150. The van der Waals surface area contributed by atoms with Crippen molar-refractivity contribution in [2.45, 2.75) is 12.5 Å². The fourth-order valence-corrected chi connectivity index (χ4v) is 2.41. The summed E-state index contributed by atoms with van der Waals surface area (Å²) in [6.07, 6.45) is 0.859. The number of rotatable bonds is 3. The molecule has 2 aromatic rings. The topological polar surface area (TPSA) is 63.2 Å². The largest absolute Gasteiger partial charge is 0.379 e. The number of carbonyl (C=O) groups is 1. The summed E-state index contributed by atoms with van der Waals surface area (Å²) < 4.78 is 5.26. The molecule has 1 fully saturated rings. The molecule has 1 atom stereocenters. The van der Waals surface area contributed by atoms with Crippen LogP contribution in [0.4, 0.5) is 5.82 Å². The lowest BCUT2D eigenvalue weighted by Gasteiger charge is -2.12. The predicted molar refractivity (Wildman–Crippen MR) is 78.0 cm³/mol. The molecule has 0 bridgehead atoms. The Kier molecular flexibility index (Phi) is 3.52. The fraction of sp³-hybridized carbons (Fsp3) is 0.333. The van der Waals surface area contributed by atoms with E-state index in [1.807, 2.05) is 30.3 Å². The normalized spacial score (nSPS) is 18.1. The highest BCUT2D eigenvalue weighted by Crippen LogP contribution is 2.22. The monoisotopic (exact) mass is 271 g/mol. The molecule has 5 nitrogen and oxygen atoms in total. The van der Waals surface area contributed by atoms with Gasteiger partial charge in [-0.25, -0.2) is 4.98 Å². The SMILES string of the molecule is CNc1nc(C(=O)NC2CCOC2)cc2ccccc12. The summed E-state index contributed by atoms with van der Waals surface area (Å²) in [5, 5.41) is 8.01. The summed E-state index contributed by atoms with van der Waals surface area (Å²) in [6.45, 7) is 1.29. The highest BCUT2D eigenvalue weighted by atomic mass is 16.5. The van der Waals surface area contributed by atoms with Crippen molar-refractivity contribution in [3.63, 3.8) is 0 Å². The summed E-state index contributed by atoms with van der Waals surface area (Å²) in [7, 11) is 1.81. The first kappa shape index (κ1) is 12.9. The molecule has 20 heavy (non-hydrogen) atoms. The number of hydrogen-bond donors (Lipinski definition) is 2. The van der Waals surface area contributed by atoms with Gasteiger partial charge in [0.05, 0.1) is 12.6 Å². The number of pyridine rings is 1. The van der Waals surface area contributed by atoms with Crippen LogP contribution in [0.2, 0.25) is 0 Å². The van der Waals surface area contributed by atoms with Gasteiger partial charge in [-0.2, -0.15) is 0 Å².